The fourth-order valence-corrected chi connectivity index (χ4v) is 4.65. The van der Waals surface area contributed by atoms with Crippen molar-refractivity contribution in [3.05, 3.63) is 71.4 Å². The van der Waals surface area contributed by atoms with Crippen molar-refractivity contribution in [3.8, 4) is 22.0 Å². The maximum Gasteiger partial charge on any atom is 0.258 e. The van der Waals surface area contributed by atoms with E-state index in [2.05, 4.69) is 20.3 Å². The van der Waals surface area contributed by atoms with Crippen molar-refractivity contribution in [2.24, 2.45) is 0 Å². The Kier molecular flexibility index (Phi) is 5.35. The third kappa shape index (κ3) is 4.08. The molecule has 0 bridgehead atoms. The van der Waals surface area contributed by atoms with E-state index in [0.29, 0.717) is 36.0 Å². The molecule has 1 aliphatic rings. The van der Waals surface area contributed by atoms with E-state index < -0.39 is 5.60 Å². The molecule has 0 spiro atoms. The van der Waals surface area contributed by atoms with Gasteiger partial charge < -0.3 is 15.3 Å². The molecular formula is C24H22N6O2S. The summed E-state index contributed by atoms with van der Waals surface area (Å²) < 4.78 is 0. The molecule has 0 aliphatic carbocycles. The first-order chi connectivity index (χ1) is 15.9. The number of thiazole rings is 1. The quantitative estimate of drug-likeness (QED) is 0.469. The van der Waals surface area contributed by atoms with Crippen molar-refractivity contribution in [1.82, 2.24) is 24.8 Å². The van der Waals surface area contributed by atoms with Gasteiger partial charge in [0.1, 0.15) is 16.5 Å². The van der Waals surface area contributed by atoms with E-state index in [0.717, 1.165) is 22.0 Å². The van der Waals surface area contributed by atoms with Gasteiger partial charge in [-0.3, -0.25) is 4.79 Å². The number of nitrogens with zero attached hydrogens (tertiary/aromatic N) is 5. The van der Waals surface area contributed by atoms with Crippen molar-refractivity contribution in [2.75, 3.05) is 18.9 Å². The number of rotatable bonds is 5. The van der Waals surface area contributed by atoms with Crippen LogP contribution in [0.4, 0.5) is 11.8 Å². The Morgan fingerprint density at radius 3 is 2.73 bits per heavy atom. The van der Waals surface area contributed by atoms with Crippen LogP contribution in [0.1, 0.15) is 17.7 Å². The molecule has 5 rings (SSSR count). The van der Waals surface area contributed by atoms with Crippen LogP contribution in [-0.2, 0) is 10.4 Å². The molecule has 1 amide bonds. The number of anilines is 2. The Hall–Kier alpha value is -3.69. The monoisotopic (exact) mass is 458 g/mol. The molecule has 1 aliphatic heterocycles. The van der Waals surface area contributed by atoms with Gasteiger partial charge in [-0.2, -0.15) is 0 Å². The lowest BCUT2D eigenvalue weighted by atomic mass is 9.91. The number of aromatic nitrogens is 4. The van der Waals surface area contributed by atoms with Crippen LogP contribution in [0.3, 0.4) is 0 Å². The number of carbonyl (C=O) groups is 1. The van der Waals surface area contributed by atoms with Gasteiger partial charge in [-0.1, -0.05) is 24.3 Å². The molecule has 1 fully saturated rings. The molecule has 0 unspecified atom stereocenters. The molecule has 0 radical (unpaired) electrons. The first kappa shape index (κ1) is 21.2. The highest BCUT2D eigenvalue weighted by atomic mass is 32.1. The molecular weight excluding hydrogens is 436 g/mol. The zero-order chi connectivity index (χ0) is 23.0. The normalized spacial score (nSPS) is 18.0. The third-order valence-electron chi connectivity index (χ3n) is 5.65. The van der Waals surface area contributed by atoms with Crippen molar-refractivity contribution in [3.63, 3.8) is 0 Å². The average molecular weight is 459 g/mol. The van der Waals surface area contributed by atoms with Crippen LogP contribution in [0, 0.1) is 6.92 Å². The van der Waals surface area contributed by atoms with Gasteiger partial charge in [-0.25, -0.2) is 19.9 Å². The number of likely N-dealkylation sites (N-methyl/N-ethyl adjacent to an activating group) is 1. The predicted molar refractivity (Wildman–Crippen MR) is 127 cm³/mol. The van der Waals surface area contributed by atoms with E-state index in [1.165, 1.54) is 11.3 Å². The van der Waals surface area contributed by atoms with E-state index in [4.69, 9.17) is 4.98 Å². The average Bonchev–Trinajstić information content (AvgIpc) is 3.42. The van der Waals surface area contributed by atoms with Crippen LogP contribution in [0.15, 0.2) is 60.1 Å². The number of carbonyl (C=O) groups excluding carboxylic acids is 1. The highest BCUT2D eigenvalue weighted by molar-refractivity contribution is 7.13. The Labute approximate surface area is 195 Å². The van der Waals surface area contributed by atoms with Gasteiger partial charge in [0.25, 0.3) is 5.91 Å². The SMILES string of the molecule is Cc1cccc(Nc2nccc(-c3csc(-c4cccc([C@]5(O)CCN(C)C5=O)c4)n3)n2)n1. The lowest BCUT2D eigenvalue weighted by Gasteiger charge is -2.21. The summed E-state index contributed by atoms with van der Waals surface area (Å²) in [4.78, 5) is 32.1. The van der Waals surface area contributed by atoms with E-state index >= 15 is 0 Å². The molecule has 166 valence electrons. The van der Waals surface area contributed by atoms with Crippen LogP contribution in [0.5, 0.6) is 0 Å². The number of pyridine rings is 1. The number of aliphatic hydroxyl groups is 1. The minimum absolute atomic E-state index is 0.274. The predicted octanol–water partition coefficient (Wildman–Crippen LogP) is 3.76. The van der Waals surface area contributed by atoms with Crippen LogP contribution < -0.4 is 5.32 Å². The molecule has 1 aromatic carbocycles. The summed E-state index contributed by atoms with van der Waals surface area (Å²) in [5.74, 6) is 0.838. The van der Waals surface area contributed by atoms with E-state index in [1.54, 1.807) is 30.3 Å². The molecule has 3 aromatic heterocycles. The summed E-state index contributed by atoms with van der Waals surface area (Å²) in [7, 11) is 1.71. The number of hydrogen-bond donors (Lipinski definition) is 2. The van der Waals surface area contributed by atoms with E-state index in [9.17, 15) is 9.90 Å². The zero-order valence-corrected chi connectivity index (χ0v) is 19.0. The molecule has 33 heavy (non-hydrogen) atoms. The molecule has 1 saturated heterocycles. The van der Waals surface area contributed by atoms with Crippen molar-refractivity contribution in [2.45, 2.75) is 18.9 Å². The minimum Gasteiger partial charge on any atom is -0.375 e. The largest absolute Gasteiger partial charge is 0.375 e. The number of aryl methyl sites for hydroxylation is 1. The van der Waals surface area contributed by atoms with Crippen molar-refractivity contribution >= 4 is 29.0 Å². The lowest BCUT2D eigenvalue weighted by molar-refractivity contribution is -0.143. The number of hydrogen-bond acceptors (Lipinski definition) is 8. The van der Waals surface area contributed by atoms with Gasteiger partial charge in [0.2, 0.25) is 5.95 Å². The highest BCUT2D eigenvalue weighted by Gasteiger charge is 2.45. The number of amides is 1. The number of nitrogens with one attached hydrogen (secondary N) is 1. The van der Waals surface area contributed by atoms with Crippen LogP contribution in [0.2, 0.25) is 0 Å². The molecule has 2 N–H and O–H groups in total. The van der Waals surface area contributed by atoms with Gasteiger partial charge >= 0.3 is 0 Å². The molecule has 4 aromatic rings. The summed E-state index contributed by atoms with van der Waals surface area (Å²) in [6, 6.07) is 14.9. The standard InChI is InChI=1S/C24H22N6O2S/c1-15-5-3-8-20(26-15)29-23-25-11-9-18(28-23)19-14-33-21(27-19)16-6-4-7-17(13-16)24(32)10-12-30(2)22(24)31/h3-9,11,13-14,32H,10,12H2,1-2H3,(H,25,26,28,29)/t24-/m1/s1. The second kappa shape index (κ2) is 8.34. The summed E-state index contributed by atoms with van der Waals surface area (Å²) in [6.45, 7) is 2.46. The smallest absolute Gasteiger partial charge is 0.258 e. The van der Waals surface area contributed by atoms with E-state index in [1.807, 2.05) is 48.7 Å². The fourth-order valence-electron chi connectivity index (χ4n) is 3.84. The Bertz CT molecular complexity index is 1340. The van der Waals surface area contributed by atoms with Crippen LogP contribution >= 0.6 is 11.3 Å². The molecule has 8 nitrogen and oxygen atoms in total. The second-order valence-electron chi connectivity index (χ2n) is 8.01. The lowest BCUT2D eigenvalue weighted by Crippen LogP contribution is -2.36. The van der Waals surface area contributed by atoms with E-state index in [-0.39, 0.29) is 5.91 Å². The van der Waals surface area contributed by atoms with Gasteiger partial charge in [0.15, 0.2) is 5.60 Å². The molecule has 4 heterocycles. The molecule has 1 atom stereocenters. The number of benzene rings is 1. The van der Waals surface area contributed by atoms with Crippen LogP contribution in [0.25, 0.3) is 22.0 Å². The zero-order valence-electron chi connectivity index (χ0n) is 18.2. The highest BCUT2D eigenvalue weighted by Crippen LogP contribution is 2.36. The Balaban J connectivity index is 1.41. The minimum atomic E-state index is -1.48. The Morgan fingerprint density at radius 1 is 1.09 bits per heavy atom. The third-order valence-corrected chi connectivity index (χ3v) is 6.54. The maximum absolute atomic E-state index is 12.5. The summed E-state index contributed by atoms with van der Waals surface area (Å²) in [5, 5.41) is 16.8. The fraction of sp³-hybridized carbons (Fsp3) is 0.208. The first-order valence-electron chi connectivity index (χ1n) is 10.5. The summed E-state index contributed by atoms with van der Waals surface area (Å²) >= 11 is 1.48. The second-order valence-corrected chi connectivity index (χ2v) is 8.87. The van der Waals surface area contributed by atoms with Crippen molar-refractivity contribution < 1.29 is 9.90 Å². The van der Waals surface area contributed by atoms with Gasteiger partial charge in [-0.05, 0) is 36.8 Å². The Morgan fingerprint density at radius 2 is 1.94 bits per heavy atom. The van der Waals surface area contributed by atoms with Crippen LogP contribution in [-0.4, -0.2) is 49.4 Å². The summed E-state index contributed by atoms with van der Waals surface area (Å²) in [5.41, 5.74) is 2.25. The summed E-state index contributed by atoms with van der Waals surface area (Å²) in [6.07, 6.45) is 2.05. The van der Waals surface area contributed by atoms with Gasteiger partial charge in [0, 0.05) is 42.8 Å². The van der Waals surface area contributed by atoms with Gasteiger partial charge in [0.05, 0.1) is 5.69 Å². The number of likely N-dealkylation sites (tertiary alicyclic amines) is 1. The maximum atomic E-state index is 12.5. The molecule has 0 saturated carbocycles. The van der Waals surface area contributed by atoms with Gasteiger partial charge in [-0.15, -0.1) is 11.3 Å². The molecule has 9 heteroatoms. The topological polar surface area (TPSA) is 104 Å². The van der Waals surface area contributed by atoms with Crippen molar-refractivity contribution in [1.29, 1.82) is 0 Å². The first-order valence-corrected chi connectivity index (χ1v) is 11.4.